The summed E-state index contributed by atoms with van der Waals surface area (Å²) in [6, 6.07) is 0. The molecule has 0 bridgehead atoms. The number of ether oxygens (including phenoxy) is 3. The Labute approximate surface area is 79.7 Å². The fraction of sp³-hybridized carbons (Fsp3) is 0.800. The first-order valence-electron chi connectivity index (χ1n) is 4.61. The molecule has 1 heterocycles. The molecule has 4 unspecified atom stereocenters. The van der Waals surface area contributed by atoms with Gasteiger partial charge in [-0.1, -0.05) is 13.5 Å². The zero-order chi connectivity index (χ0) is 9.84. The Balaban J connectivity index is 2.62. The molecule has 0 amide bonds. The molecule has 13 heavy (non-hydrogen) atoms. The molecule has 1 aliphatic heterocycles. The first-order chi connectivity index (χ1) is 6.20. The fourth-order valence-electron chi connectivity index (χ4n) is 1.62. The van der Waals surface area contributed by atoms with Crippen LogP contribution in [0.3, 0.4) is 0 Å². The van der Waals surface area contributed by atoms with Gasteiger partial charge in [0.2, 0.25) is 0 Å². The maximum absolute atomic E-state index is 5.53. The lowest BCUT2D eigenvalue weighted by Crippen LogP contribution is -2.48. The monoisotopic (exact) mass is 186 g/mol. The van der Waals surface area contributed by atoms with Crippen molar-refractivity contribution in [1.82, 2.24) is 0 Å². The SMILES string of the molecule is C=COC1C(OC)COC(C)C1C. The fourth-order valence-corrected chi connectivity index (χ4v) is 1.62. The summed E-state index contributed by atoms with van der Waals surface area (Å²) in [6.07, 6.45) is 1.78. The maximum Gasteiger partial charge on any atom is 0.131 e. The molecule has 0 aromatic rings. The Kier molecular flexibility index (Phi) is 3.75. The van der Waals surface area contributed by atoms with E-state index in [4.69, 9.17) is 14.2 Å². The maximum atomic E-state index is 5.53. The highest BCUT2D eigenvalue weighted by Crippen LogP contribution is 2.25. The Morgan fingerprint density at radius 2 is 2.15 bits per heavy atom. The summed E-state index contributed by atoms with van der Waals surface area (Å²) >= 11 is 0. The Hall–Kier alpha value is -0.540. The molecular formula is C10H18O3. The number of rotatable bonds is 3. The minimum Gasteiger partial charge on any atom is -0.495 e. The van der Waals surface area contributed by atoms with Gasteiger partial charge >= 0.3 is 0 Å². The molecule has 1 saturated heterocycles. The summed E-state index contributed by atoms with van der Waals surface area (Å²) in [4.78, 5) is 0. The van der Waals surface area contributed by atoms with Gasteiger partial charge in [0.15, 0.2) is 0 Å². The van der Waals surface area contributed by atoms with Crippen molar-refractivity contribution in [3.05, 3.63) is 12.8 Å². The molecule has 3 nitrogen and oxygen atoms in total. The lowest BCUT2D eigenvalue weighted by Gasteiger charge is -2.38. The van der Waals surface area contributed by atoms with Crippen LogP contribution in [-0.4, -0.2) is 32.0 Å². The number of hydrogen-bond acceptors (Lipinski definition) is 3. The molecule has 0 aromatic carbocycles. The Bertz CT molecular complexity index is 168. The lowest BCUT2D eigenvalue weighted by atomic mass is 9.92. The second kappa shape index (κ2) is 4.63. The van der Waals surface area contributed by atoms with Crippen LogP contribution >= 0.6 is 0 Å². The third kappa shape index (κ3) is 2.23. The van der Waals surface area contributed by atoms with E-state index in [1.54, 1.807) is 7.11 Å². The second-order valence-corrected chi connectivity index (χ2v) is 3.44. The zero-order valence-electron chi connectivity index (χ0n) is 8.53. The quantitative estimate of drug-likeness (QED) is 0.626. The molecule has 1 rings (SSSR count). The summed E-state index contributed by atoms with van der Waals surface area (Å²) < 4.78 is 16.2. The van der Waals surface area contributed by atoms with Crippen LogP contribution in [-0.2, 0) is 14.2 Å². The molecule has 76 valence electrons. The van der Waals surface area contributed by atoms with Crippen molar-refractivity contribution < 1.29 is 14.2 Å². The molecule has 4 atom stereocenters. The highest BCUT2D eigenvalue weighted by Gasteiger charge is 2.36. The molecule has 0 aromatic heterocycles. The van der Waals surface area contributed by atoms with E-state index in [-0.39, 0.29) is 18.3 Å². The summed E-state index contributed by atoms with van der Waals surface area (Å²) in [6.45, 7) is 8.31. The highest BCUT2D eigenvalue weighted by atomic mass is 16.6. The summed E-state index contributed by atoms with van der Waals surface area (Å²) in [7, 11) is 1.68. The van der Waals surface area contributed by atoms with Crippen molar-refractivity contribution in [1.29, 1.82) is 0 Å². The third-order valence-electron chi connectivity index (χ3n) is 2.70. The van der Waals surface area contributed by atoms with Gasteiger partial charge in [0.05, 0.1) is 19.0 Å². The minimum absolute atomic E-state index is 0.0178. The molecule has 0 aliphatic carbocycles. The average molecular weight is 186 g/mol. The van der Waals surface area contributed by atoms with Crippen molar-refractivity contribution in [2.24, 2.45) is 5.92 Å². The van der Waals surface area contributed by atoms with E-state index < -0.39 is 0 Å². The molecule has 0 spiro atoms. The largest absolute Gasteiger partial charge is 0.495 e. The summed E-state index contributed by atoms with van der Waals surface area (Å²) in [5.41, 5.74) is 0. The molecule has 0 saturated carbocycles. The normalized spacial score (nSPS) is 39.9. The standard InChI is InChI=1S/C10H18O3/c1-5-12-10-7(2)8(3)13-6-9(10)11-4/h5,7-10H,1,6H2,2-4H3. The van der Waals surface area contributed by atoms with Gasteiger partial charge in [0.1, 0.15) is 12.2 Å². The number of methoxy groups -OCH3 is 1. The predicted octanol–water partition coefficient (Wildman–Crippen LogP) is 1.58. The van der Waals surface area contributed by atoms with Crippen LogP contribution in [0.1, 0.15) is 13.8 Å². The van der Waals surface area contributed by atoms with Gasteiger partial charge in [0, 0.05) is 13.0 Å². The van der Waals surface area contributed by atoms with Crippen molar-refractivity contribution in [3.8, 4) is 0 Å². The smallest absolute Gasteiger partial charge is 0.131 e. The molecule has 3 heteroatoms. The molecule has 0 N–H and O–H groups in total. The van der Waals surface area contributed by atoms with E-state index in [0.717, 1.165) is 0 Å². The lowest BCUT2D eigenvalue weighted by molar-refractivity contribution is -0.161. The van der Waals surface area contributed by atoms with Gasteiger partial charge in [-0.3, -0.25) is 0 Å². The third-order valence-corrected chi connectivity index (χ3v) is 2.70. The van der Waals surface area contributed by atoms with E-state index in [9.17, 15) is 0 Å². The van der Waals surface area contributed by atoms with Crippen molar-refractivity contribution in [2.45, 2.75) is 32.2 Å². The van der Waals surface area contributed by atoms with Crippen LogP contribution in [0.25, 0.3) is 0 Å². The van der Waals surface area contributed by atoms with Gasteiger partial charge in [-0.2, -0.15) is 0 Å². The topological polar surface area (TPSA) is 27.7 Å². The van der Waals surface area contributed by atoms with Gasteiger partial charge in [-0.25, -0.2) is 0 Å². The van der Waals surface area contributed by atoms with Crippen LogP contribution in [0.5, 0.6) is 0 Å². The van der Waals surface area contributed by atoms with Crippen molar-refractivity contribution >= 4 is 0 Å². The molecule has 1 fully saturated rings. The van der Waals surface area contributed by atoms with Crippen LogP contribution in [0, 0.1) is 5.92 Å². The van der Waals surface area contributed by atoms with Crippen LogP contribution < -0.4 is 0 Å². The first kappa shape index (κ1) is 10.5. The van der Waals surface area contributed by atoms with E-state index in [0.29, 0.717) is 12.5 Å². The van der Waals surface area contributed by atoms with Crippen LogP contribution in [0.2, 0.25) is 0 Å². The van der Waals surface area contributed by atoms with Gasteiger partial charge in [-0.05, 0) is 6.92 Å². The summed E-state index contributed by atoms with van der Waals surface area (Å²) in [5.74, 6) is 0.330. The van der Waals surface area contributed by atoms with Crippen molar-refractivity contribution in [2.75, 3.05) is 13.7 Å². The predicted molar refractivity (Wildman–Crippen MR) is 50.4 cm³/mol. The zero-order valence-corrected chi connectivity index (χ0v) is 8.53. The highest BCUT2D eigenvalue weighted by molar-refractivity contribution is 4.85. The number of hydrogen-bond donors (Lipinski definition) is 0. The van der Waals surface area contributed by atoms with Gasteiger partial charge in [0.25, 0.3) is 0 Å². The molecule has 0 radical (unpaired) electrons. The molecular weight excluding hydrogens is 168 g/mol. The second-order valence-electron chi connectivity index (χ2n) is 3.44. The van der Waals surface area contributed by atoms with Gasteiger partial charge in [-0.15, -0.1) is 0 Å². The average Bonchev–Trinajstić information content (AvgIpc) is 2.14. The minimum atomic E-state index is 0.0178. The molecule has 1 aliphatic rings. The van der Waals surface area contributed by atoms with Crippen LogP contribution in [0.15, 0.2) is 12.8 Å². The van der Waals surface area contributed by atoms with Gasteiger partial charge < -0.3 is 14.2 Å². The van der Waals surface area contributed by atoms with E-state index in [1.807, 2.05) is 0 Å². The van der Waals surface area contributed by atoms with Crippen molar-refractivity contribution in [3.63, 3.8) is 0 Å². The van der Waals surface area contributed by atoms with E-state index >= 15 is 0 Å². The van der Waals surface area contributed by atoms with E-state index in [2.05, 4.69) is 20.4 Å². The van der Waals surface area contributed by atoms with E-state index in [1.165, 1.54) is 6.26 Å². The van der Waals surface area contributed by atoms with Crippen LogP contribution in [0.4, 0.5) is 0 Å². The summed E-state index contributed by atoms with van der Waals surface area (Å²) in [5, 5.41) is 0. The first-order valence-corrected chi connectivity index (χ1v) is 4.61. The Morgan fingerprint density at radius 3 is 2.69 bits per heavy atom. The Morgan fingerprint density at radius 1 is 1.46 bits per heavy atom.